The van der Waals surface area contributed by atoms with Gasteiger partial charge in [0.25, 0.3) is 0 Å². The lowest BCUT2D eigenvalue weighted by atomic mass is 10.1. The van der Waals surface area contributed by atoms with Crippen LogP contribution < -0.4 is 5.73 Å². The number of hydrogen-bond donors (Lipinski definition) is 1. The molecule has 0 aliphatic heterocycles. The molecular weight excluding hydrogens is 203 g/mol. The molecule has 0 bridgehead atoms. The van der Waals surface area contributed by atoms with Crippen molar-refractivity contribution in [1.29, 1.82) is 0 Å². The molecule has 0 radical (unpaired) electrons. The number of benzene rings is 1. The van der Waals surface area contributed by atoms with Crippen LogP contribution in [0.15, 0.2) is 30.5 Å². The van der Waals surface area contributed by atoms with E-state index >= 15 is 0 Å². The number of nitrogens with zero attached hydrogens (tertiary/aromatic N) is 1. The van der Waals surface area contributed by atoms with E-state index in [2.05, 4.69) is 4.98 Å². The predicted molar refractivity (Wildman–Crippen MR) is 56.8 cm³/mol. The van der Waals surface area contributed by atoms with E-state index in [9.17, 15) is 4.39 Å². The van der Waals surface area contributed by atoms with Crippen LogP contribution in [0.4, 0.5) is 4.39 Å². The molecule has 14 heavy (non-hydrogen) atoms. The molecule has 1 aromatic heterocycles. The van der Waals surface area contributed by atoms with Crippen molar-refractivity contribution in [2.24, 2.45) is 5.73 Å². The molecule has 1 heterocycles. The minimum absolute atomic E-state index is 0. The van der Waals surface area contributed by atoms with Gasteiger partial charge in [-0.15, -0.1) is 12.4 Å². The van der Waals surface area contributed by atoms with Crippen molar-refractivity contribution in [3.8, 4) is 0 Å². The Labute approximate surface area is 87.4 Å². The van der Waals surface area contributed by atoms with Crippen molar-refractivity contribution in [1.82, 2.24) is 4.98 Å². The van der Waals surface area contributed by atoms with Crippen LogP contribution >= 0.6 is 12.4 Å². The van der Waals surface area contributed by atoms with Gasteiger partial charge in [0.15, 0.2) is 0 Å². The van der Waals surface area contributed by atoms with Crippen LogP contribution in [0.3, 0.4) is 0 Å². The highest BCUT2D eigenvalue weighted by Gasteiger charge is 2.00. The van der Waals surface area contributed by atoms with Crippen LogP contribution in [0.5, 0.6) is 0 Å². The lowest BCUT2D eigenvalue weighted by Gasteiger charge is -2.02. The molecule has 0 atom stereocenters. The summed E-state index contributed by atoms with van der Waals surface area (Å²) in [4.78, 5) is 4.11. The summed E-state index contributed by atoms with van der Waals surface area (Å²) in [6.07, 6.45) is 1.68. The summed E-state index contributed by atoms with van der Waals surface area (Å²) in [6, 6.07) is 6.33. The van der Waals surface area contributed by atoms with Gasteiger partial charge in [0.1, 0.15) is 5.82 Å². The molecule has 2 nitrogen and oxygen atoms in total. The van der Waals surface area contributed by atoms with Crippen LogP contribution in [0.1, 0.15) is 5.56 Å². The van der Waals surface area contributed by atoms with E-state index in [0.717, 1.165) is 16.5 Å². The largest absolute Gasteiger partial charge is 0.326 e. The minimum atomic E-state index is -0.254. The van der Waals surface area contributed by atoms with Crippen LogP contribution in [0.2, 0.25) is 0 Å². The fourth-order valence-electron chi connectivity index (χ4n) is 1.35. The van der Waals surface area contributed by atoms with E-state index in [-0.39, 0.29) is 18.2 Å². The second-order valence-corrected chi connectivity index (χ2v) is 2.84. The first kappa shape index (κ1) is 10.9. The highest BCUT2D eigenvalue weighted by molar-refractivity contribution is 5.85. The van der Waals surface area contributed by atoms with Crippen LogP contribution in [0, 0.1) is 5.82 Å². The zero-order valence-electron chi connectivity index (χ0n) is 7.40. The third-order valence-corrected chi connectivity index (χ3v) is 2.01. The Morgan fingerprint density at radius 3 is 2.79 bits per heavy atom. The maximum absolute atomic E-state index is 12.9. The van der Waals surface area contributed by atoms with Gasteiger partial charge in [-0.05, 0) is 29.8 Å². The summed E-state index contributed by atoms with van der Waals surface area (Å²) in [6.45, 7) is 0.405. The quantitative estimate of drug-likeness (QED) is 0.788. The molecule has 0 spiro atoms. The van der Waals surface area contributed by atoms with Gasteiger partial charge in [0.05, 0.1) is 5.52 Å². The van der Waals surface area contributed by atoms with Gasteiger partial charge in [-0.25, -0.2) is 4.39 Å². The Kier molecular flexibility index (Phi) is 3.38. The third kappa shape index (κ3) is 1.84. The van der Waals surface area contributed by atoms with Crippen LogP contribution in [0.25, 0.3) is 10.9 Å². The molecule has 0 aliphatic carbocycles. The predicted octanol–water partition coefficient (Wildman–Crippen LogP) is 2.25. The number of aromatic nitrogens is 1. The zero-order chi connectivity index (χ0) is 9.26. The first-order chi connectivity index (χ1) is 6.31. The molecule has 2 N–H and O–H groups in total. The van der Waals surface area contributed by atoms with Crippen molar-refractivity contribution in [2.45, 2.75) is 6.54 Å². The molecule has 0 amide bonds. The van der Waals surface area contributed by atoms with Gasteiger partial charge in [-0.3, -0.25) is 4.98 Å². The second-order valence-electron chi connectivity index (χ2n) is 2.84. The van der Waals surface area contributed by atoms with E-state index in [1.54, 1.807) is 12.3 Å². The standard InChI is InChI=1S/C10H9FN2.ClH/c11-8-1-2-10-9(5-8)7(6-12)3-4-13-10;/h1-5H,6,12H2;1H. The number of pyridine rings is 1. The minimum Gasteiger partial charge on any atom is -0.326 e. The smallest absolute Gasteiger partial charge is 0.123 e. The van der Waals surface area contributed by atoms with Crippen LogP contribution in [-0.2, 0) is 6.54 Å². The van der Waals surface area contributed by atoms with E-state index < -0.39 is 0 Å². The van der Waals surface area contributed by atoms with Gasteiger partial charge < -0.3 is 5.73 Å². The first-order valence-corrected chi connectivity index (χ1v) is 4.04. The highest BCUT2D eigenvalue weighted by atomic mass is 35.5. The summed E-state index contributed by atoms with van der Waals surface area (Å²) < 4.78 is 12.9. The topological polar surface area (TPSA) is 38.9 Å². The molecule has 0 unspecified atom stereocenters. The van der Waals surface area contributed by atoms with Gasteiger partial charge in [0, 0.05) is 18.1 Å². The molecule has 4 heteroatoms. The van der Waals surface area contributed by atoms with Crippen molar-refractivity contribution >= 4 is 23.3 Å². The number of rotatable bonds is 1. The van der Waals surface area contributed by atoms with Gasteiger partial charge >= 0.3 is 0 Å². The molecule has 0 saturated carbocycles. The normalized spacial score (nSPS) is 9.86. The second kappa shape index (κ2) is 4.35. The van der Waals surface area contributed by atoms with E-state index in [0.29, 0.717) is 6.54 Å². The van der Waals surface area contributed by atoms with Gasteiger partial charge in [-0.2, -0.15) is 0 Å². The van der Waals surface area contributed by atoms with Gasteiger partial charge in [-0.1, -0.05) is 0 Å². The monoisotopic (exact) mass is 212 g/mol. The lowest BCUT2D eigenvalue weighted by Crippen LogP contribution is -1.97. The van der Waals surface area contributed by atoms with E-state index in [4.69, 9.17) is 5.73 Å². The van der Waals surface area contributed by atoms with Crippen molar-refractivity contribution in [3.05, 3.63) is 41.8 Å². The molecular formula is C10H10ClFN2. The molecule has 0 aliphatic rings. The molecule has 0 fully saturated rings. The molecule has 0 saturated heterocycles. The first-order valence-electron chi connectivity index (χ1n) is 4.04. The summed E-state index contributed by atoms with van der Waals surface area (Å²) in [5.41, 5.74) is 7.22. The lowest BCUT2D eigenvalue weighted by molar-refractivity contribution is 0.629. The molecule has 2 rings (SSSR count). The van der Waals surface area contributed by atoms with E-state index in [1.165, 1.54) is 12.1 Å². The fourth-order valence-corrected chi connectivity index (χ4v) is 1.35. The molecule has 2 aromatic rings. The number of nitrogens with two attached hydrogens (primary N) is 1. The van der Waals surface area contributed by atoms with Crippen molar-refractivity contribution in [2.75, 3.05) is 0 Å². The highest BCUT2D eigenvalue weighted by Crippen LogP contribution is 2.17. The average molecular weight is 213 g/mol. The van der Waals surface area contributed by atoms with E-state index in [1.807, 2.05) is 6.07 Å². The Bertz CT molecular complexity index is 445. The summed E-state index contributed by atoms with van der Waals surface area (Å²) in [5.74, 6) is -0.254. The zero-order valence-corrected chi connectivity index (χ0v) is 8.22. The molecule has 1 aromatic carbocycles. The summed E-state index contributed by atoms with van der Waals surface area (Å²) >= 11 is 0. The maximum atomic E-state index is 12.9. The Balaban J connectivity index is 0.000000980. The SMILES string of the molecule is Cl.NCc1ccnc2ccc(F)cc12. The molecule has 74 valence electrons. The Hall–Kier alpha value is -1.19. The summed E-state index contributed by atoms with van der Waals surface area (Å²) in [7, 11) is 0. The fraction of sp³-hybridized carbons (Fsp3) is 0.100. The third-order valence-electron chi connectivity index (χ3n) is 2.01. The number of hydrogen-bond acceptors (Lipinski definition) is 2. The van der Waals surface area contributed by atoms with Crippen molar-refractivity contribution < 1.29 is 4.39 Å². The Morgan fingerprint density at radius 2 is 2.07 bits per heavy atom. The van der Waals surface area contributed by atoms with Crippen molar-refractivity contribution in [3.63, 3.8) is 0 Å². The number of halogens is 2. The Morgan fingerprint density at radius 1 is 1.29 bits per heavy atom. The summed E-state index contributed by atoms with van der Waals surface area (Å²) in [5, 5.41) is 0.796. The average Bonchev–Trinajstić information content (AvgIpc) is 2.17. The maximum Gasteiger partial charge on any atom is 0.123 e. The van der Waals surface area contributed by atoms with Gasteiger partial charge in [0.2, 0.25) is 0 Å². The van der Waals surface area contributed by atoms with Crippen LogP contribution in [-0.4, -0.2) is 4.98 Å². The number of fused-ring (bicyclic) bond motifs is 1.